The molecule has 1 unspecified atom stereocenters. The van der Waals surface area contributed by atoms with Crippen molar-refractivity contribution in [1.82, 2.24) is 4.90 Å². The number of nitrogens with one attached hydrogen (secondary N) is 1. The third-order valence-electron chi connectivity index (χ3n) is 4.38. The Morgan fingerprint density at radius 2 is 1.86 bits per heavy atom. The normalized spacial score (nSPS) is 15.7. The van der Waals surface area contributed by atoms with Crippen LogP contribution in [0.25, 0.3) is 0 Å². The predicted octanol–water partition coefficient (Wildman–Crippen LogP) is 1.83. The van der Waals surface area contributed by atoms with Gasteiger partial charge < -0.3 is 34.3 Å². The fourth-order valence-corrected chi connectivity index (χ4v) is 3.00. The van der Waals surface area contributed by atoms with Crippen molar-refractivity contribution in [1.29, 1.82) is 0 Å². The molecule has 1 aliphatic heterocycles. The number of hydrogen-bond donors (Lipinski definition) is 2. The zero-order chi connectivity index (χ0) is 20.8. The number of hydrogen-bond acceptors (Lipinski definition) is 7. The lowest BCUT2D eigenvalue weighted by molar-refractivity contribution is -0.141. The number of likely N-dealkylation sites (tertiary alicyclic amines) is 1. The van der Waals surface area contributed by atoms with Gasteiger partial charge in [-0.15, -0.1) is 0 Å². The van der Waals surface area contributed by atoms with Crippen LogP contribution >= 0.6 is 0 Å². The SMILES string of the molecule is CCOC(=O)c1c(NC(=O)N2CCC(C(=O)O)C2)cc(OC)c(OC)c1OC. The van der Waals surface area contributed by atoms with Gasteiger partial charge in [-0.1, -0.05) is 0 Å². The summed E-state index contributed by atoms with van der Waals surface area (Å²) in [4.78, 5) is 37.6. The predicted molar refractivity (Wildman–Crippen MR) is 98.4 cm³/mol. The van der Waals surface area contributed by atoms with Gasteiger partial charge in [-0.25, -0.2) is 9.59 Å². The standard InChI is InChI=1S/C18H24N2O8/c1-5-28-17(23)13-11(8-12(25-2)14(26-3)15(13)27-4)19-18(24)20-7-6-10(9-20)16(21)22/h8,10H,5-7,9H2,1-4H3,(H,19,24)(H,21,22). The molecule has 28 heavy (non-hydrogen) atoms. The minimum absolute atomic E-state index is 0.0238. The molecule has 1 aliphatic rings. The van der Waals surface area contributed by atoms with Crippen LogP contribution in [0.2, 0.25) is 0 Å². The highest BCUT2D eigenvalue weighted by Gasteiger charge is 2.33. The highest BCUT2D eigenvalue weighted by Crippen LogP contribution is 2.44. The van der Waals surface area contributed by atoms with Gasteiger partial charge in [-0.05, 0) is 13.3 Å². The minimum atomic E-state index is -0.949. The average Bonchev–Trinajstić information content (AvgIpc) is 3.17. The van der Waals surface area contributed by atoms with E-state index in [2.05, 4.69) is 5.32 Å². The number of amides is 2. The first-order valence-corrected chi connectivity index (χ1v) is 8.66. The Bertz CT molecular complexity index is 764. The van der Waals surface area contributed by atoms with Crippen LogP contribution in [0.4, 0.5) is 10.5 Å². The molecule has 1 saturated heterocycles. The van der Waals surface area contributed by atoms with E-state index in [9.17, 15) is 14.4 Å². The van der Waals surface area contributed by atoms with E-state index in [4.69, 9.17) is 24.1 Å². The Balaban J connectivity index is 2.42. The van der Waals surface area contributed by atoms with Crippen molar-refractivity contribution in [3.05, 3.63) is 11.6 Å². The van der Waals surface area contributed by atoms with Crippen LogP contribution in [0, 0.1) is 5.92 Å². The molecule has 10 nitrogen and oxygen atoms in total. The molecule has 154 valence electrons. The van der Waals surface area contributed by atoms with E-state index in [-0.39, 0.29) is 41.7 Å². The average molecular weight is 396 g/mol. The molecule has 0 aromatic heterocycles. The lowest BCUT2D eigenvalue weighted by atomic mass is 10.1. The van der Waals surface area contributed by atoms with Crippen molar-refractivity contribution in [2.24, 2.45) is 5.92 Å². The van der Waals surface area contributed by atoms with Crippen LogP contribution in [0.15, 0.2) is 6.07 Å². The summed E-state index contributed by atoms with van der Waals surface area (Å²) in [6, 6.07) is 0.888. The van der Waals surface area contributed by atoms with Gasteiger partial charge in [0.05, 0.1) is 39.5 Å². The fraction of sp³-hybridized carbons (Fsp3) is 0.500. The molecule has 2 N–H and O–H groups in total. The molecular weight excluding hydrogens is 372 g/mol. The van der Waals surface area contributed by atoms with Gasteiger partial charge in [0.1, 0.15) is 5.56 Å². The van der Waals surface area contributed by atoms with Gasteiger partial charge >= 0.3 is 18.0 Å². The summed E-state index contributed by atoms with van der Waals surface area (Å²) < 4.78 is 21.0. The lowest BCUT2D eigenvalue weighted by Crippen LogP contribution is -2.34. The number of carbonyl (C=O) groups excluding carboxylic acids is 2. The summed E-state index contributed by atoms with van der Waals surface area (Å²) in [5, 5.41) is 11.7. The third-order valence-corrected chi connectivity index (χ3v) is 4.38. The quantitative estimate of drug-likeness (QED) is 0.669. The van der Waals surface area contributed by atoms with Crippen LogP contribution in [0.1, 0.15) is 23.7 Å². The van der Waals surface area contributed by atoms with Crippen LogP contribution in [0.5, 0.6) is 17.2 Å². The van der Waals surface area contributed by atoms with Crippen molar-refractivity contribution in [3.63, 3.8) is 0 Å². The highest BCUT2D eigenvalue weighted by molar-refractivity contribution is 6.04. The molecule has 2 rings (SSSR count). The van der Waals surface area contributed by atoms with Gasteiger partial charge in [-0.3, -0.25) is 4.79 Å². The maximum absolute atomic E-state index is 12.6. The molecule has 0 spiro atoms. The van der Waals surface area contributed by atoms with Crippen molar-refractivity contribution in [2.45, 2.75) is 13.3 Å². The number of aliphatic carboxylic acids is 1. The molecular formula is C18H24N2O8. The van der Waals surface area contributed by atoms with Gasteiger partial charge in [0.25, 0.3) is 0 Å². The zero-order valence-corrected chi connectivity index (χ0v) is 16.2. The Hall–Kier alpha value is -3.17. The third kappa shape index (κ3) is 4.21. The van der Waals surface area contributed by atoms with E-state index in [0.717, 1.165) is 0 Å². The molecule has 1 atom stereocenters. The second-order valence-corrected chi connectivity index (χ2v) is 5.99. The van der Waals surface area contributed by atoms with Crippen LogP contribution in [-0.2, 0) is 9.53 Å². The molecule has 10 heteroatoms. The fourth-order valence-electron chi connectivity index (χ4n) is 3.00. The number of methoxy groups -OCH3 is 3. The van der Waals surface area contributed by atoms with Crippen molar-refractivity contribution in [2.75, 3.05) is 46.3 Å². The molecule has 1 fully saturated rings. The maximum Gasteiger partial charge on any atom is 0.344 e. The number of benzene rings is 1. The maximum atomic E-state index is 12.6. The van der Waals surface area contributed by atoms with E-state index in [1.807, 2.05) is 0 Å². The van der Waals surface area contributed by atoms with E-state index < -0.39 is 23.9 Å². The van der Waals surface area contributed by atoms with Gasteiger partial charge in [0.2, 0.25) is 5.75 Å². The first-order chi connectivity index (χ1) is 13.4. The van der Waals surface area contributed by atoms with E-state index >= 15 is 0 Å². The Kier molecular flexibility index (Phi) is 6.91. The summed E-state index contributed by atoms with van der Waals surface area (Å²) in [7, 11) is 4.15. The summed E-state index contributed by atoms with van der Waals surface area (Å²) >= 11 is 0. The molecule has 1 aromatic rings. The van der Waals surface area contributed by atoms with Gasteiger partial charge in [-0.2, -0.15) is 0 Å². The molecule has 0 radical (unpaired) electrons. The number of ether oxygens (including phenoxy) is 4. The topological polar surface area (TPSA) is 124 Å². The van der Waals surface area contributed by atoms with E-state index in [1.165, 1.54) is 32.3 Å². The number of esters is 1. The number of carboxylic acids is 1. The van der Waals surface area contributed by atoms with Crippen LogP contribution in [0.3, 0.4) is 0 Å². The molecule has 0 saturated carbocycles. The minimum Gasteiger partial charge on any atom is -0.493 e. The van der Waals surface area contributed by atoms with Crippen molar-refractivity contribution >= 4 is 23.7 Å². The van der Waals surface area contributed by atoms with Crippen molar-refractivity contribution < 1.29 is 38.4 Å². The highest BCUT2D eigenvalue weighted by atomic mass is 16.5. The second-order valence-electron chi connectivity index (χ2n) is 5.99. The molecule has 1 heterocycles. The zero-order valence-electron chi connectivity index (χ0n) is 16.2. The number of carboxylic acid groups (broad SMARTS) is 1. The Morgan fingerprint density at radius 3 is 2.36 bits per heavy atom. The first-order valence-electron chi connectivity index (χ1n) is 8.66. The van der Waals surface area contributed by atoms with E-state index in [1.54, 1.807) is 6.92 Å². The summed E-state index contributed by atoms with van der Waals surface area (Å²) in [5.74, 6) is -1.79. The number of rotatable bonds is 7. The number of carbonyl (C=O) groups is 3. The van der Waals surface area contributed by atoms with E-state index in [0.29, 0.717) is 13.0 Å². The van der Waals surface area contributed by atoms with Gasteiger partial charge in [0, 0.05) is 19.2 Å². The van der Waals surface area contributed by atoms with Crippen LogP contribution in [-0.4, -0.2) is 69.0 Å². The number of urea groups is 1. The molecule has 0 bridgehead atoms. The summed E-state index contributed by atoms with van der Waals surface area (Å²) in [5.41, 5.74) is 0.0843. The van der Waals surface area contributed by atoms with Crippen molar-refractivity contribution in [3.8, 4) is 17.2 Å². The summed E-state index contributed by atoms with van der Waals surface area (Å²) in [6.45, 7) is 2.15. The number of nitrogens with zero attached hydrogens (tertiary/aromatic N) is 1. The Morgan fingerprint density at radius 1 is 1.18 bits per heavy atom. The monoisotopic (exact) mass is 396 g/mol. The summed E-state index contributed by atoms with van der Waals surface area (Å²) in [6.07, 6.45) is 0.364. The number of anilines is 1. The molecule has 1 aromatic carbocycles. The Labute approximate surface area is 162 Å². The van der Waals surface area contributed by atoms with Crippen LogP contribution < -0.4 is 19.5 Å². The lowest BCUT2D eigenvalue weighted by Gasteiger charge is -2.21. The van der Waals surface area contributed by atoms with Gasteiger partial charge in [0.15, 0.2) is 11.5 Å². The second kappa shape index (κ2) is 9.16. The molecule has 2 amide bonds. The largest absolute Gasteiger partial charge is 0.493 e. The first kappa shape index (κ1) is 21.1. The smallest absolute Gasteiger partial charge is 0.344 e. The molecule has 0 aliphatic carbocycles.